The van der Waals surface area contributed by atoms with Gasteiger partial charge in [0.2, 0.25) is 5.95 Å². The standard InChI is InChI=1S/C10H15ClN4O/c1-2-12-10-13-5-8(11)9(15-10)14-7-3-4-16-6-7/h5,7H,2-4,6H2,1H3,(H2,12,13,14,15). The van der Waals surface area contributed by atoms with Crippen LogP contribution in [0.25, 0.3) is 0 Å². The Labute approximate surface area is 99.6 Å². The first-order chi connectivity index (χ1) is 7.79. The van der Waals surface area contributed by atoms with Crippen LogP contribution in [0.1, 0.15) is 13.3 Å². The minimum absolute atomic E-state index is 0.293. The molecule has 5 nitrogen and oxygen atoms in total. The summed E-state index contributed by atoms with van der Waals surface area (Å²) in [6, 6.07) is 0.293. The smallest absolute Gasteiger partial charge is 0.224 e. The van der Waals surface area contributed by atoms with E-state index in [0.717, 1.165) is 19.6 Å². The van der Waals surface area contributed by atoms with E-state index in [9.17, 15) is 0 Å². The maximum atomic E-state index is 6.02. The van der Waals surface area contributed by atoms with Gasteiger partial charge in [0.05, 0.1) is 18.8 Å². The van der Waals surface area contributed by atoms with Gasteiger partial charge in [-0.15, -0.1) is 0 Å². The fourth-order valence-corrected chi connectivity index (χ4v) is 1.70. The third-order valence-electron chi connectivity index (χ3n) is 2.35. The summed E-state index contributed by atoms with van der Waals surface area (Å²) < 4.78 is 5.28. The van der Waals surface area contributed by atoms with Crippen LogP contribution in [-0.4, -0.2) is 35.8 Å². The van der Waals surface area contributed by atoms with Gasteiger partial charge in [-0.25, -0.2) is 4.98 Å². The fraction of sp³-hybridized carbons (Fsp3) is 0.600. The summed E-state index contributed by atoms with van der Waals surface area (Å²) in [5, 5.41) is 6.84. The van der Waals surface area contributed by atoms with Crippen molar-refractivity contribution in [1.82, 2.24) is 9.97 Å². The Morgan fingerprint density at radius 1 is 1.62 bits per heavy atom. The third kappa shape index (κ3) is 2.74. The Morgan fingerprint density at radius 3 is 3.19 bits per heavy atom. The average molecular weight is 243 g/mol. The van der Waals surface area contributed by atoms with Crippen LogP contribution in [0.15, 0.2) is 6.20 Å². The van der Waals surface area contributed by atoms with Gasteiger partial charge in [-0.3, -0.25) is 0 Å². The Kier molecular flexibility index (Phi) is 3.79. The Hall–Kier alpha value is -1.07. The molecule has 1 aromatic rings. The highest BCUT2D eigenvalue weighted by atomic mass is 35.5. The van der Waals surface area contributed by atoms with Gasteiger partial charge in [-0.05, 0) is 13.3 Å². The quantitative estimate of drug-likeness (QED) is 0.843. The third-order valence-corrected chi connectivity index (χ3v) is 2.63. The fourth-order valence-electron chi connectivity index (χ4n) is 1.55. The maximum absolute atomic E-state index is 6.02. The van der Waals surface area contributed by atoms with Gasteiger partial charge in [0.15, 0.2) is 5.82 Å². The summed E-state index contributed by atoms with van der Waals surface area (Å²) in [4.78, 5) is 8.38. The number of nitrogens with zero attached hydrogens (tertiary/aromatic N) is 2. The van der Waals surface area contributed by atoms with Crippen LogP contribution in [0.2, 0.25) is 5.02 Å². The number of rotatable bonds is 4. The van der Waals surface area contributed by atoms with E-state index < -0.39 is 0 Å². The highest BCUT2D eigenvalue weighted by Gasteiger charge is 2.17. The second-order valence-electron chi connectivity index (χ2n) is 3.63. The molecule has 1 atom stereocenters. The first kappa shape index (κ1) is 11.4. The largest absolute Gasteiger partial charge is 0.379 e. The SMILES string of the molecule is CCNc1ncc(Cl)c(NC2CCOC2)n1. The lowest BCUT2D eigenvalue weighted by Crippen LogP contribution is -2.20. The molecule has 1 aliphatic heterocycles. The van der Waals surface area contributed by atoms with Gasteiger partial charge < -0.3 is 15.4 Å². The topological polar surface area (TPSA) is 59.1 Å². The number of anilines is 2. The van der Waals surface area contributed by atoms with Crippen molar-refractivity contribution in [1.29, 1.82) is 0 Å². The van der Waals surface area contributed by atoms with E-state index in [1.165, 1.54) is 0 Å². The zero-order valence-electron chi connectivity index (χ0n) is 9.16. The van der Waals surface area contributed by atoms with E-state index in [0.29, 0.717) is 29.4 Å². The highest BCUT2D eigenvalue weighted by molar-refractivity contribution is 6.32. The van der Waals surface area contributed by atoms with Crippen molar-refractivity contribution in [3.63, 3.8) is 0 Å². The van der Waals surface area contributed by atoms with E-state index in [2.05, 4.69) is 20.6 Å². The van der Waals surface area contributed by atoms with Crippen molar-refractivity contribution in [3.05, 3.63) is 11.2 Å². The first-order valence-corrected chi connectivity index (χ1v) is 5.78. The molecule has 0 aromatic carbocycles. The van der Waals surface area contributed by atoms with Crippen LogP contribution in [0.5, 0.6) is 0 Å². The van der Waals surface area contributed by atoms with Crippen LogP contribution in [-0.2, 0) is 4.74 Å². The minimum Gasteiger partial charge on any atom is -0.379 e. The molecule has 16 heavy (non-hydrogen) atoms. The predicted molar refractivity (Wildman–Crippen MR) is 64.1 cm³/mol. The first-order valence-electron chi connectivity index (χ1n) is 5.40. The molecule has 0 amide bonds. The molecule has 2 N–H and O–H groups in total. The van der Waals surface area contributed by atoms with Crippen molar-refractivity contribution in [2.75, 3.05) is 30.4 Å². The van der Waals surface area contributed by atoms with Crippen LogP contribution < -0.4 is 10.6 Å². The second kappa shape index (κ2) is 5.32. The number of halogens is 1. The molecule has 6 heteroatoms. The van der Waals surface area contributed by atoms with E-state index >= 15 is 0 Å². The molecule has 0 aliphatic carbocycles. The normalized spacial score (nSPS) is 19.8. The summed E-state index contributed by atoms with van der Waals surface area (Å²) in [5.74, 6) is 1.26. The Morgan fingerprint density at radius 2 is 2.50 bits per heavy atom. The maximum Gasteiger partial charge on any atom is 0.224 e. The molecule has 2 rings (SSSR count). The van der Waals surface area contributed by atoms with Crippen LogP contribution >= 0.6 is 11.6 Å². The molecule has 0 saturated carbocycles. The van der Waals surface area contributed by atoms with Gasteiger partial charge in [0, 0.05) is 13.2 Å². The summed E-state index contributed by atoms with van der Waals surface area (Å²) in [6.45, 7) is 4.28. The lowest BCUT2D eigenvalue weighted by Gasteiger charge is -2.13. The number of ether oxygens (including phenoxy) is 1. The monoisotopic (exact) mass is 242 g/mol. The van der Waals surface area contributed by atoms with E-state index in [-0.39, 0.29) is 0 Å². The molecule has 0 radical (unpaired) electrons. The van der Waals surface area contributed by atoms with Crippen molar-refractivity contribution >= 4 is 23.4 Å². The van der Waals surface area contributed by atoms with Crippen LogP contribution in [0, 0.1) is 0 Å². The van der Waals surface area contributed by atoms with E-state index in [4.69, 9.17) is 16.3 Å². The summed E-state index contributed by atoms with van der Waals surface area (Å²) in [7, 11) is 0. The predicted octanol–water partition coefficient (Wildman–Crippen LogP) is 1.76. The molecule has 1 aromatic heterocycles. The molecule has 1 saturated heterocycles. The summed E-state index contributed by atoms with van der Waals surface area (Å²) in [6.07, 6.45) is 2.58. The van der Waals surface area contributed by atoms with E-state index in [1.807, 2.05) is 6.92 Å². The van der Waals surface area contributed by atoms with Gasteiger partial charge in [-0.1, -0.05) is 11.6 Å². The molecule has 1 aliphatic rings. The molecule has 2 heterocycles. The van der Waals surface area contributed by atoms with Crippen molar-refractivity contribution in [2.24, 2.45) is 0 Å². The number of hydrogen-bond acceptors (Lipinski definition) is 5. The lowest BCUT2D eigenvalue weighted by atomic mass is 10.2. The van der Waals surface area contributed by atoms with Crippen molar-refractivity contribution < 1.29 is 4.74 Å². The van der Waals surface area contributed by atoms with Gasteiger partial charge in [0.1, 0.15) is 5.02 Å². The van der Waals surface area contributed by atoms with Gasteiger partial charge in [-0.2, -0.15) is 4.98 Å². The summed E-state index contributed by atoms with van der Waals surface area (Å²) in [5.41, 5.74) is 0. The molecule has 0 bridgehead atoms. The number of aromatic nitrogens is 2. The molecular formula is C10H15ClN4O. The lowest BCUT2D eigenvalue weighted by molar-refractivity contribution is 0.195. The van der Waals surface area contributed by atoms with Gasteiger partial charge >= 0.3 is 0 Å². The molecule has 88 valence electrons. The summed E-state index contributed by atoms with van der Waals surface area (Å²) >= 11 is 6.02. The zero-order chi connectivity index (χ0) is 11.4. The minimum atomic E-state index is 0.293. The van der Waals surface area contributed by atoms with Crippen molar-refractivity contribution in [3.8, 4) is 0 Å². The Balaban J connectivity index is 2.08. The molecule has 1 unspecified atom stereocenters. The molecule has 0 spiro atoms. The number of hydrogen-bond donors (Lipinski definition) is 2. The Bertz CT molecular complexity index is 355. The van der Waals surface area contributed by atoms with Crippen molar-refractivity contribution in [2.45, 2.75) is 19.4 Å². The highest BCUT2D eigenvalue weighted by Crippen LogP contribution is 2.21. The van der Waals surface area contributed by atoms with Crippen LogP contribution in [0.4, 0.5) is 11.8 Å². The molecular weight excluding hydrogens is 228 g/mol. The van der Waals surface area contributed by atoms with Crippen LogP contribution in [0.3, 0.4) is 0 Å². The number of nitrogens with one attached hydrogen (secondary N) is 2. The molecule has 1 fully saturated rings. The van der Waals surface area contributed by atoms with E-state index in [1.54, 1.807) is 6.20 Å². The van der Waals surface area contributed by atoms with Gasteiger partial charge in [0.25, 0.3) is 0 Å². The zero-order valence-corrected chi connectivity index (χ0v) is 9.92. The second-order valence-corrected chi connectivity index (χ2v) is 4.03. The average Bonchev–Trinajstić information content (AvgIpc) is 2.76.